The summed E-state index contributed by atoms with van der Waals surface area (Å²) in [6.07, 6.45) is 1.98. The molecule has 0 bridgehead atoms. The van der Waals surface area contributed by atoms with Crippen molar-refractivity contribution in [3.05, 3.63) is 77.5 Å². The van der Waals surface area contributed by atoms with Crippen LogP contribution in [0.1, 0.15) is 16.8 Å². The Morgan fingerprint density at radius 1 is 1.03 bits per heavy atom. The van der Waals surface area contributed by atoms with E-state index in [2.05, 4.69) is 4.98 Å². The summed E-state index contributed by atoms with van der Waals surface area (Å²) in [7, 11) is 0. The van der Waals surface area contributed by atoms with Gasteiger partial charge in [0, 0.05) is 40.9 Å². The lowest BCUT2D eigenvalue weighted by Crippen LogP contribution is -2.14. The average Bonchev–Trinajstić information content (AvgIpc) is 2.79. The van der Waals surface area contributed by atoms with Crippen molar-refractivity contribution in [2.24, 2.45) is 0 Å². The molecular weight excluding hydrogens is 412 g/mol. The average molecular weight is 434 g/mol. The Balaban J connectivity index is 0.000000185. The Morgan fingerprint density at radius 2 is 1.66 bits per heavy atom. The van der Waals surface area contributed by atoms with Gasteiger partial charge in [0.05, 0.1) is 30.0 Å². The predicted molar refractivity (Wildman–Crippen MR) is 119 cm³/mol. The number of ether oxygens (including phenoxy) is 1. The van der Waals surface area contributed by atoms with Crippen molar-refractivity contribution >= 4 is 34.2 Å². The van der Waals surface area contributed by atoms with Crippen molar-refractivity contribution < 1.29 is 24.5 Å². The van der Waals surface area contributed by atoms with Crippen molar-refractivity contribution in [2.75, 3.05) is 18.1 Å². The summed E-state index contributed by atoms with van der Waals surface area (Å²) in [5.41, 5.74) is 16.6. The quantitative estimate of drug-likeness (QED) is 0.349. The molecule has 0 aliphatic carbocycles. The van der Waals surface area contributed by atoms with E-state index < -0.39 is 11.9 Å². The standard InChI is InChI=1S/C12H12N2O.C7H6N2.C4H4O4/c13-12-8-3-1-2-4-10(8)14-11-5-6-15-7-9(11)12;8-5-6-3-1-2-4-7(6)9;5-3(6)1-2-4(7)8/h1-4H,5-7H2,(H2,13,14);1-4H,9H2;1-2H,(H,5,6)(H,7,8). The Hall–Kier alpha value is -4.42. The van der Waals surface area contributed by atoms with Crippen LogP contribution in [0.2, 0.25) is 0 Å². The van der Waals surface area contributed by atoms with Crippen molar-refractivity contribution in [1.29, 1.82) is 5.26 Å². The Kier molecular flexibility index (Phi) is 8.71. The molecule has 0 spiro atoms. The van der Waals surface area contributed by atoms with E-state index in [0.717, 1.165) is 40.9 Å². The van der Waals surface area contributed by atoms with E-state index in [1.165, 1.54) is 0 Å². The van der Waals surface area contributed by atoms with Gasteiger partial charge in [0.2, 0.25) is 0 Å². The third-order valence-electron chi connectivity index (χ3n) is 4.30. The zero-order valence-corrected chi connectivity index (χ0v) is 17.1. The van der Waals surface area contributed by atoms with Gasteiger partial charge in [-0.1, -0.05) is 30.3 Å². The van der Waals surface area contributed by atoms with Crippen molar-refractivity contribution in [3.8, 4) is 6.07 Å². The zero-order valence-electron chi connectivity index (χ0n) is 17.1. The number of hydrogen-bond donors (Lipinski definition) is 4. The Morgan fingerprint density at radius 3 is 2.25 bits per heavy atom. The second-order valence-electron chi connectivity index (χ2n) is 6.48. The maximum Gasteiger partial charge on any atom is 0.328 e. The van der Waals surface area contributed by atoms with Crippen LogP contribution in [0, 0.1) is 11.3 Å². The SMILES string of the molecule is N#Cc1ccccc1N.Nc1c2c(nc3ccccc13)CCOC2.O=C(O)C=CC(=O)O. The lowest BCUT2D eigenvalue weighted by molar-refractivity contribution is -0.134. The van der Waals surface area contributed by atoms with Crippen LogP contribution in [-0.4, -0.2) is 33.7 Å². The number of nitrogen functional groups attached to an aromatic ring is 2. The first kappa shape index (κ1) is 23.9. The molecular formula is C23H22N4O5. The van der Waals surface area contributed by atoms with Gasteiger partial charge >= 0.3 is 11.9 Å². The van der Waals surface area contributed by atoms with E-state index in [9.17, 15) is 9.59 Å². The molecule has 0 saturated carbocycles. The molecule has 1 aliphatic heterocycles. The molecule has 1 aliphatic rings. The normalized spacial score (nSPS) is 11.8. The molecule has 3 aromatic rings. The van der Waals surface area contributed by atoms with Crippen LogP contribution in [0.25, 0.3) is 10.9 Å². The Labute approximate surface area is 184 Å². The van der Waals surface area contributed by atoms with E-state index in [-0.39, 0.29) is 0 Å². The third-order valence-corrected chi connectivity index (χ3v) is 4.30. The van der Waals surface area contributed by atoms with E-state index in [0.29, 0.717) is 30.0 Å². The van der Waals surface area contributed by atoms with Gasteiger partial charge in [-0.05, 0) is 18.2 Å². The third kappa shape index (κ3) is 6.83. The molecule has 0 fully saturated rings. The molecule has 9 heteroatoms. The fourth-order valence-corrected chi connectivity index (χ4v) is 2.78. The number of para-hydroxylation sites is 2. The molecule has 2 aromatic carbocycles. The molecule has 2 heterocycles. The minimum atomic E-state index is -1.26. The summed E-state index contributed by atoms with van der Waals surface area (Å²) in [6, 6.07) is 16.9. The summed E-state index contributed by atoms with van der Waals surface area (Å²) in [6.45, 7) is 1.34. The van der Waals surface area contributed by atoms with Crippen LogP contribution in [0.4, 0.5) is 11.4 Å². The van der Waals surface area contributed by atoms with Crippen LogP contribution < -0.4 is 11.5 Å². The van der Waals surface area contributed by atoms with E-state index in [4.69, 9.17) is 31.7 Å². The second-order valence-corrected chi connectivity index (χ2v) is 6.48. The minimum Gasteiger partial charge on any atom is -0.478 e. The number of nitrogens with two attached hydrogens (primary N) is 2. The van der Waals surface area contributed by atoms with E-state index in [1.54, 1.807) is 24.3 Å². The van der Waals surface area contributed by atoms with Gasteiger partial charge in [0.25, 0.3) is 0 Å². The van der Waals surface area contributed by atoms with Gasteiger partial charge in [-0.3, -0.25) is 4.98 Å². The Bertz CT molecular complexity index is 1170. The number of aliphatic carboxylic acids is 2. The van der Waals surface area contributed by atoms with Crippen LogP contribution in [0.15, 0.2) is 60.7 Å². The molecule has 0 radical (unpaired) electrons. The van der Waals surface area contributed by atoms with Crippen LogP contribution in [0.5, 0.6) is 0 Å². The van der Waals surface area contributed by atoms with Crippen molar-refractivity contribution in [3.63, 3.8) is 0 Å². The number of fused-ring (bicyclic) bond motifs is 2. The number of rotatable bonds is 2. The maximum atomic E-state index is 9.55. The highest BCUT2D eigenvalue weighted by molar-refractivity contribution is 5.92. The molecule has 164 valence electrons. The number of anilines is 2. The first-order chi connectivity index (χ1) is 15.3. The molecule has 4 rings (SSSR count). The lowest BCUT2D eigenvalue weighted by atomic mass is 10.0. The fourth-order valence-electron chi connectivity index (χ4n) is 2.78. The van der Waals surface area contributed by atoms with Crippen molar-refractivity contribution in [1.82, 2.24) is 4.98 Å². The van der Waals surface area contributed by atoms with Gasteiger partial charge in [-0.2, -0.15) is 5.26 Å². The molecule has 0 atom stereocenters. The number of nitriles is 1. The summed E-state index contributed by atoms with van der Waals surface area (Å²) in [5, 5.41) is 25.0. The summed E-state index contributed by atoms with van der Waals surface area (Å²) >= 11 is 0. The number of carbonyl (C=O) groups is 2. The molecule has 0 amide bonds. The van der Waals surface area contributed by atoms with Crippen LogP contribution in [0.3, 0.4) is 0 Å². The molecule has 9 nitrogen and oxygen atoms in total. The number of hydrogen-bond acceptors (Lipinski definition) is 7. The topological polar surface area (TPSA) is 173 Å². The number of carboxylic acids is 2. The van der Waals surface area contributed by atoms with Gasteiger partial charge < -0.3 is 26.4 Å². The largest absolute Gasteiger partial charge is 0.478 e. The maximum absolute atomic E-state index is 9.55. The van der Waals surface area contributed by atoms with E-state index in [1.807, 2.05) is 30.3 Å². The van der Waals surface area contributed by atoms with Gasteiger partial charge in [-0.25, -0.2) is 9.59 Å². The fraction of sp³-hybridized carbons (Fsp3) is 0.130. The highest BCUT2D eigenvalue weighted by Crippen LogP contribution is 2.28. The first-order valence-corrected chi connectivity index (χ1v) is 9.45. The van der Waals surface area contributed by atoms with Crippen LogP contribution >= 0.6 is 0 Å². The van der Waals surface area contributed by atoms with Crippen LogP contribution in [-0.2, 0) is 27.4 Å². The van der Waals surface area contributed by atoms with Gasteiger partial charge in [0.15, 0.2) is 0 Å². The number of benzene rings is 2. The summed E-state index contributed by atoms with van der Waals surface area (Å²) < 4.78 is 5.41. The van der Waals surface area contributed by atoms with E-state index >= 15 is 0 Å². The zero-order chi connectivity index (χ0) is 23.5. The minimum absolute atomic E-state index is 0.539. The van der Waals surface area contributed by atoms with Gasteiger partial charge in [0.1, 0.15) is 6.07 Å². The summed E-state index contributed by atoms with van der Waals surface area (Å²) in [4.78, 5) is 23.7. The highest BCUT2D eigenvalue weighted by atomic mass is 16.5. The first-order valence-electron chi connectivity index (χ1n) is 9.45. The molecule has 32 heavy (non-hydrogen) atoms. The summed E-state index contributed by atoms with van der Waals surface area (Å²) in [5.74, 6) is -2.51. The molecule has 0 saturated heterocycles. The lowest BCUT2D eigenvalue weighted by Gasteiger charge is -2.18. The molecule has 6 N–H and O–H groups in total. The molecule has 0 unspecified atom stereocenters. The predicted octanol–water partition coefficient (Wildman–Crippen LogP) is 2.74. The van der Waals surface area contributed by atoms with Crippen molar-refractivity contribution in [2.45, 2.75) is 13.0 Å². The molecule has 1 aromatic heterocycles. The highest BCUT2D eigenvalue weighted by Gasteiger charge is 2.16. The number of aromatic nitrogens is 1. The monoisotopic (exact) mass is 434 g/mol. The smallest absolute Gasteiger partial charge is 0.328 e. The second kappa shape index (κ2) is 11.7. The van der Waals surface area contributed by atoms with Gasteiger partial charge in [-0.15, -0.1) is 0 Å². The number of carboxylic acid groups (broad SMARTS) is 2. The number of nitrogens with zero attached hydrogens (tertiary/aromatic N) is 2. The number of pyridine rings is 1.